The Morgan fingerprint density at radius 2 is 2.13 bits per heavy atom. The molecule has 0 aliphatic carbocycles. The highest BCUT2D eigenvalue weighted by Crippen LogP contribution is 2.23. The van der Waals surface area contributed by atoms with E-state index in [4.69, 9.17) is 22.1 Å². The molecule has 0 atom stereocenters. The number of rotatable bonds is 5. The van der Waals surface area contributed by atoms with Crippen molar-refractivity contribution in [1.82, 2.24) is 0 Å². The zero-order valence-corrected chi connectivity index (χ0v) is 10.4. The van der Waals surface area contributed by atoms with E-state index in [1.54, 1.807) is 0 Å². The molecule has 2 N–H and O–H groups in total. The standard InChI is InChI=1S/C11H16ClNO.ClH/c1-2-7-14-11-4-3-10(12)8-9(11)5-6-13;/h3-4,8H,2,5-7,13H2,1H3;1H. The Labute approximate surface area is 102 Å². The average molecular weight is 250 g/mol. The normalized spacial score (nSPS) is 9.53. The van der Waals surface area contributed by atoms with Gasteiger partial charge in [0.25, 0.3) is 0 Å². The smallest absolute Gasteiger partial charge is 0.122 e. The van der Waals surface area contributed by atoms with Crippen molar-refractivity contribution in [3.05, 3.63) is 28.8 Å². The van der Waals surface area contributed by atoms with Gasteiger partial charge in [-0.3, -0.25) is 0 Å². The van der Waals surface area contributed by atoms with Gasteiger partial charge in [0.1, 0.15) is 5.75 Å². The lowest BCUT2D eigenvalue weighted by atomic mass is 10.1. The first-order valence-electron chi connectivity index (χ1n) is 4.89. The topological polar surface area (TPSA) is 35.2 Å². The summed E-state index contributed by atoms with van der Waals surface area (Å²) in [5.41, 5.74) is 6.60. The second-order valence-corrected chi connectivity index (χ2v) is 3.58. The second kappa shape index (κ2) is 7.80. The summed E-state index contributed by atoms with van der Waals surface area (Å²) in [6.07, 6.45) is 1.81. The maximum atomic E-state index is 5.89. The van der Waals surface area contributed by atoms with Crippen molar-refractivity contribution in [2.45, 2.75) is 19.8 Å². The Morgan fingerprint density at radius 3 is 2.73 bits per heavy atom. The first-order chi connectivity index (χ1) is 6.77. The van der Waals surface area contributed by atoms with E-state index in [9.17, 15) is 0 Å². The largest absolute Gasteiger partial charge is 0.493 e. The molecule has 86 valence electrons. The molecule has 0 bridgehead atoms. The SMILES string of the molecule is CCCOc1ccc(Cl)cc1CCN.Cl. The van der Waals surface area contributed by atoms with Gasteiger partial charge in [0.15, 0.2) is 0 Å². The van der Waals surface area contributed by atoms with Gasteiger partial charge in [-0.2, -0.15) is 0 Å². The van der Waals surface area contributed by atoms with Crippen LogP contribution >= 0.6 is 24.0 Å². The number of benzene rings is 1. The summed E-state index contributed by atoms with van der Waals surface area (Å²) in [7, 11) is 0. The van der Waals surface area contributed by atoms with Gasteiger partial charge in [0, 0.05) is 5.02 Å². The second-order valence-electron chi connectivity index (χ2n) is 3.14. The molecule has 0 aliphatic heterocycles. The fourth-order valence-corrected chi connectivity index (χ4v) is 1.45. The summed E-state index contributed by atoms with van der Waals surface area (Å²) in [6, 6.07) is 5.66. The third kappa shape index (κ3) is 4.74. The van der Waals surface area contributed by atoms with Crippen LogP contribution in [0, 0.1) is 0 Å². The molecule has 4 heteroatoms. The maximum absolute atomic E-state index is 5.89. The zero-order valence-electron chi connectivity index (χ0n) is 8.83. The molecule has 1 aromatic carbocycles. The number of nitrogens with two attached hydrogens (primary N) is 1. The molecular weight excluding hydrogens is 233 g/mol. The molecule has 0 heterocycles. The number of hydrogen-bond acceptors (Lipinski definition) is 2. The van der Waals surface area contributed by atoms with Crippen LogP contribution in [0.25, 0.3) is 0 Å². The first-order valence-corrected chi connectivity index (χ1v) is 5.27. The highest BCUT2D eigenvalue weighted by molar-refractivity contribution is 6.30. The molecule has 0 spiro atoms. The Balaban J connectivity index is 0.00000196. The van der Waals surface area contributed by atoms with Crippen LogP contribution in [0.1, 0.15) is 18.9 Å². The lowest BCUT2D eigenvalue weighted by molar-refractivity contribution is 0.314. The summed E-state index contributed by atoms with van der Waals surface area (Å²) in [5, 5.41) is 0.734. The van der Waals surface area contributed by atoms with E-state index in [0.29, 0.717) is 6.54 Å². The Bertz CT molecular complexity index is 292. The highest BCUT2D eigenvalue weighted by atomic mass is 35.5. The molecule has 0 radical (unpaired) electrons. The third-order valence-electron chi connectivity index (χ3n) is 1.90. The van der Waals surface area contributed by atoms with Crippen LogP contribution in [0.15, 0.2) is 18.2 Å². The van der Waals surface area contributed by atoms with Crippen LogP contribution in [0.5, 0.6) is 5.75 Å². The third-order valence-corrected chi connectivity index (χ3v) is 2.13. The predicted molar refractivity (Wildman–Crippen MR) is 67.2 cm³/mol. The van der Waals surface area contributed by atoms with E-state index in [2.05, 4.69) is 6.92 Å². The molecule has 0 aliphatic rings. The van der Waals surface area contributed by atoms with Crippen LogP contribution in [0.4, 0.5) is 0 Å². The Morgan fingerprint density at radius 1 is 1.40 bits per heavy atom. The number of ether oxygens (including phenoxy) is 1. The molecule has 0 aromatic heterocycles. The van der Waals surface area contributed by atoms with Gasteiger partial charge in [0.2, 0.25) is 0 Å². The molecule has 15 heavy (non-hydrogen) atoms. The van der Waals surface area contributed by atoms with E-state index in [0.717, 1.165) is 35.8 Å². The summed E-state index contributed by atoms with van der Waals surface area (Å²) < 4.78 is 5.58. The summed E-state index contributed by atoms with van der Waals surface area (Å²) >= 11 is 5.89. The van der Waals surface area contributed by atoms with E-state index < -0.39 is 0 Å². The minimum atomic E-state index is 0. The molecule has 0 unspecified atom stereocenters. The lowest BCUT2D eigenvalue weighted by Crippen LogP contribution is -2.05. The van der Waals surface area contributed by atoms with E-state index in [1.165, 1.54) is 0 Å². The van der Waals surface area contributed by atoms with Crippen molar-refractivity contribution in [3.8, 4) is 5.75 Å². The molecule has 2 nitrogen and oxygen atoms in total. The van der Waals surface area contributed by atoms with E-state index in [-0.39, 0.29) is 12.4 Å². The molecular formula is C11H17Cl2NO. The average Bonchev–Trinajstić information content (AvgIpc) is 2.17. The minimum Gasteiger partial charge on any atom is -0.493 e. The van der Waals surface area contributed by atoms with Gasteiger partial charge in [0.05, 0.1) is 6.61 Å². The monoisotopic (exact) mass is 249 g/mol. The minimum absolute atomic E-state index is 0. The Hall–Kier alpha value is -0.440. The van der Waals surface area contributed by atoms with Crippen molar-refractivity contribution >= 4 is 24.0 Å². The number of hydrogen-bond donors (Lipinski definition) is 1. The number of halogens is 2. The fraction of sp³-hybridized carbons (Fsp3) is 0.455. The summed E-state index contributed by atoms with van der Waals surface area (Å²) in [6.45, 7) is 3.43. The summed E-state index contributed by atoms with van der Waals surface area (Å²) in [5.74, 6) is 0.904. The molecule has 0 amide bonds. The molecule has 1 rings (SSSR count). The van der Waals surface area contributed by atoms with Gasteiger partial charge < -0.3 is 10.5 Å². The van der Waals surface area contributed by atoms with Crippen molar-refractivity contribution in [3.63, 3.8) is 0 Å². The van der Waals surface area contributed by atoms with Gasteiger partial charge in [-0.05, 0) is 43.1 Å². The van der Waals surface area contributed by atoms with Crippen LogP contribution in [0.3, 0.4) is 0 Å². The van der Waals surface area contributed by atoms with Crippen molar-refractivity contribution in [1.29, 1.82) is 0 Å². The molecule has 1 aromatic rings. The zero-order chi connectivity index (χ0) is 10.4. The molecule has 0 saturated heterocycles. The highest BCUT2D eigenvalue weighted by Gasteiger charge is 2.03. The quantitative estimate of drug-likeness (QED) is 0.871. The summed E-state index contributed by atoms with van der Waals surface area (Å²) in [4.78, 5) is 0. The van der Waals surface area contributed by atoms with E-state index in [1.807, 2.05) is 18.2 Å². The van der Waals surface area contributed by atoms with Crippen molar-refractivity contribution < 1.29 is 4.74 Å². The van der Waals surface area contributed by atoms with Crippen LogP contribution in [0.2, 0.25) is 5.02 Å². The first kappa shape index (κ1) is 14.6. The lowest BCUT2D eigenvalue weighted by Gasteiger charge is -2.10. The van der Waals surface area contributed by atoms with Gasteiger partial charge in [-0.1, -0.05) is 18.5 Å². The van der Waals surface area contributed by atoms with E-state index >= 15 is 0 Å². The van der Waals surface area contributed by atoms with Gasteiger partial charge >= 0.3 is 0 Å². The van der Waals surface area contributed by atoms with Gasteiger partial charge in [-0.15, -0.1) is 12.4 Å². The van der Waals surface area contributed by atoms with Crippen LogP contribution in [-0.4, -0.2) is 13.2 Å². The fourth-order valence-electron chi connectivity index (χ4n) is 1.25. The van der Waals surface area contributed by atoms with Gasteiger partial charge in [-0.25, -0.2) is 0 Å². The molecule has 0 saturated carbocycles. The van der Waals surface area contributed by atoms with Crippen molar-refractivity contribution in [2.24, 2.45) is 5.73 Å². The van der Waals surface area contributed by atoms with Crippen molar-refractivity contribution in [2.75, 3.05) is 13.2 Å². The predicted octanol–water partition coefficient (Wildman–Crippen LogP) is 3.05. The molecule has 0 fully saturated rings. The van der Waals surface area contributed by atoms with Crippen LogP contribution < -0.4 is 10.5 Å². The Kier molecular flexibility index (Phi) is 7.57. The van der Waals surface area contributed by atoms with Crippen LogP contribution in [-0.2, 0) is 6.42 Å². The maximum Gasteiger partial charge on any atom is 0.122 e.